The second-order valence-corrected chi connectivity index (χ2v) is 6.08. The summed E-state index contributed by atoms with van der Waals surface area (Å²) in [4.78, 5) is 36.6. The predicted molar refractivity (Wildman–Crippen MR) is 72.9 cm³/mol. The Bertz CT molecular complexity index is 462. The molecule has 1 fully saturated rings. The number of hydrogen-bond donors (Lipinski definition) is 1. The molecule has 1 N–H and O–H groups in total. The topological polar surface area (TPSA) is 74.7 Å². The minimum atomic E-state index is -0.854. The molecule has 1 heterocycles. The Morgan fingerprint density at radius 3 is 2.05 bits per heavy atom. The van der Waals surface area contributed by atoms with Gasteiger partial charge in [0.25, 0.3) is 11.8 Å². The van der Waals surface area contributed by atoms with Crippen LogP contribution >= 0.6 is 0 Å². The largest absolute Gasteiger partial charge is 0.481 e. The second-order valence-electron chi connectivity index (χ2n) is 6.08. The molecule has 0 unspecified atom stereocenters. The second kappa shape index (κ2) is 5.38. The first kappa shape index (κ1) is 14.8. The van der Waals surface area contributed by atoms with Gasteiger partial charge in [-0.3, -0.25) is 19.3 Å². The fourth-order valence-corrected chi connectivity index (χ4v) is 3.31. The number of hydrogen-bond acceptors (Lipinski definition) is 3. The quantitative estimate of drug-likeness (QED) is 0.800. The number of carbonyl (C=O) groups excluding carboxylic acids is 2. The molecule has 2 amide bonds. The lowest BCUT2D eigenvalue weighted by molar-refractivity contribution is -0.146. The molecule has 0 aromatic heterocycles. The van der Waals surface area contributed by atoms with Crippen molar-refractivity contribution in [1.82, 2.24) is 4.90 Å². The smallest absolute Gasteiger partial charge is 0.303 e. The maximum absolute atomic E-state index is 12.1. The Morgan fingerprint density at radius 2 is 1.60 bits per heavy atom. The highest BCUT2D eigenvalue weighted by Gasteiger charge is 2.42. The Labute approximate surface area is 118 Å². The van der Waals surface area contributed by atoms with Crippen LogP contribution in [0.5, 0.6) is 0 Å². The average molecular weight is 279 g/mol. The van der Waals surface area contributed by atoms with E-state index >= 15 is 0 Å². The molecule has 0 radical (unpaired) electrons. The monoisotopic (exact) mass is 279 g/mol. The third kappa shape index (κ3) is 2.62. The number of rotatable bonds is 4. The number of carboxylic acid groups (broad SMARTS) is 1. The zero-order valence-corrected chi connectivity index (χ0v) is 12.1. The van der Waals surface area contributed by atoms with Gasteiger partial charge in [0.1, 0.15) is 0 Å². The van der Waals surface area contributed by atoms with Crippen molar-refractivity contribution in [3.05, 3.63) is 11.1 Å². The number of carboxylic acids is 1. The minimum Gasteiger partial charge on any atom is -0.481 e. The molecule has 0 atom stereocenters. The first-order valence-electron chi connectivity index (χ1n) is 7.12. The summed E-state index contributed by atoms with van der Waals surface area (Å²) >= 11 is 0. The van der Waals surface area contributed by atoms with E-state index in [0.717, 1.165) is 32.1 Å². The number of imide groups is 1. The van der Waals surface area contributed by atoms with E-state index in [1.54, 1.807) is 13.8 Å². The Hall–Kier alpha value is -1.65. The Morgan fingerprint density at radius 1 is 1.10 bits per heavy atom. The molecule has 0 saturated heterocycles. The van der Waals surface area contributed by atoms with Gasteiger partial charge in [0.05, 0.1) is 6.42 Å². The van der Waals surface area contributed by atoms with Gasteiger partial charge in [0.2, 0.25) is 0 Å². The van der Waals surface area contributed by atoms with Gasteiger partial charge in [0.15, 0.2) is 0 Å². The number of amides is 2. The standard InChI is InChI=1S/C15H21NO4/c1-10-11(2)14(20)16(13(10)19)9-15(8-12(17)18)6-4-3-5-7-15/h3-9H2,1-2H3,(H,17,18). The molecule has 5 heteroatoms. The van der Waals surface area contributed by atoms with Crippen LogP contribution in [0, 0.1) is 5.41 Å². The van der Waals surface area contributed by atoms with Crippen molar-refractivity contribution in [3.8, 4) is 0 Å². The summed E-state index contributed by atoms with van der Waals surface area (Å²) in [6.45, 7) is 3.55. The van der Waals surface area contributed by atoms with Crippen LogP contribution in [0.1, 0.15) is 52.4 Å². The van der Waals surface area contributed by atoms with E-state index in [-0.39, 0.29) is 24.8 Å². The molecular formula is C15H21NO4. The Balaban J connectivity index is 2.19. The summed E-state index contributed by atoms with van der Waals surface area (Å²) in [7, 11) is 0. The van der Waals surface area contributed by atoms with E-state index < -0.39 is 11.4 Å². The minimum absolute atomic E-state index is 0.0299. The SMILES string of the molecule is CC1=C(C)C(=O)N(CC2(CC(=O)O)CCCCC2)C1=O. The van der Waals surface area contributed by atoms with Gasteiger partial charge in [-0.1, -0.05) is 19.3 Å². The highest BCUT2D eigenvalue weighted by Crippen LogP contribution is 2.41. The molecule has 0 aromatic carbocycles. The normalized spacial score (nSPS) is 22.6. The number of carbonyl (C=O) groups is 3. The summed E-state index contributed by atoms with van der Waals surface area (Å²) < 4.78 is 0. The van der Waals surface area contributed by atoms with Gasteiger partial charge in [-0.25, -0.2) is 0 Å². The molecule has 2 aliphatic rings. The van der Waals surface area contributed by atoms with Crippen molar-refractivity contribution < 1.29 is 19.5 Å². The van der Waals surface area contributed by atoms with E-state index in [1.807, 2.05) is 0 Å². The molecule has 2 rings (SSSR count). The lowest BCUT2D eigenvalue weighted by atomic mass is 9.71. The average Bonchev–Trinajstić information content (AvgIpc) is 2.57. The molecule has 0 bridgehead atoms. The summed E-state index contributed by atoms with van der Waals surface area (Å²) in [5.41, 5.74) is 0.521. The van der Waals surface area contributed by atoms with Gasteiger partial charge >= 0.3 is 5.97 Å². The van der Waals surface area contributed by atoms with E-state index in [9.17, 15) is 14.4 Å². The van der Waals surface area contributed by atoms with Crippen LogP contribution in [-0.4, -0.2) is 34.3 Å². The van der Waals surface area contributed by atoms with E-state index in [2.05, 4.69) is 0 Å². The molecule has 1 aliphatic carbocycles. The van der Waals surface area contributed by atoms with Crippen LogP contribution in [0.3, 0.4) is 0 Å². The first-order valence-corrected chi connectivity index (χ1v) is 7.12. The maximum Gasteiger partial charge on any atom is 0.303 e. The molecule has 0 spiro atoms. The fourth-order valence-electron chi connectivity index (χ4n) is 3.31. The summed E-state index contributed by atoms with van der Waals surface area (Å²) in [6.07, 6.45) is 4.61. The number of aliphatic carboxylic acids is 1. The maximum atomic E-state index is 12.1. The summed E-state index contributed by atoms with van der Waals surface area (Å²) in [6, 6.07) is 0. The van der Waals surface area contributed by atoms with Crippen LogP contribution in [0.4, 0.5) is 0 Å². The molecule has 110 valence electrons. The first-order chi connectivity index (χ1) is 9.36. The molecule has 0 aromatic rings. The number of nitrogens with zero attached hydrogens (tertiary/aromatic N) is 1. The van der Waals surface area contributed by atoms with Crippen molar-refractivity contribution >= 4 is 17.8 Å². The lowest BCUT2D eigenvalue weighted by Crippen LogP contribution is -2.44. The molecular weight excluding hydrogens is 258 g/mol. The molecule has 1 saturated carbocycles. The molecule has 1 aliphatic heterocycles. The zero-order valence-electron chi connectivity index (χ0n) is 12.1. The third-order valence-corrected chi connectivity index (χ3v) is 4.63. The van der Waals surface area contributed by atoms with Crippen LogP contribution in [0.15, 0.2) is 11.1 Å². The van der Waals surface area contributed by atoms with Crippen molar-refractivity contribution in [2.24, 2.45) is 5.41 Å². The highest BCUT2D eigenvalue weighted by molar-refractivity contribution is 6.18. The van der Waals surface area contributed by atoms with Crippen molar-refractivity contribution in [2.75, 3.05) is 6.54 Å². The lowest BCUT2D eigenvalue weighted by Gasteiger charge is -2.38. The van der Waals surface area contributed by atoms with Crippen LogP contribution in [-0.2, 0) is 14.4 Å². The predicted octanol–water partition coefficient (Wildman–Crippen LogP) is 2.12. The molecule has 5 nitrogen and oxygen atoms in total. The van der Waals surface area contributed by atoms with Gasteiger partial charge in [-0.05, 0) is 32.1 Å². The zero-order chi connectivity index (χ0) is 14.9. The summed E-state index contributed by atoms with van der Waals surface area (Å²) in [5, 5.41) is 9.14. The van der Waals surface area contributed by atoms with Crippen LogP contribution in [0.2, 0.25) is 0 Å². The van der Waals surface area contributed by atoms with Crippen LogP contribution in [0.25, 0.3) is 0 Å². The van der Waals surface area contributed by atoms with Gasteiger partial charge in [0, 0.05) is 17.7 Å². The fraction of sp³-hybridized carbons (Fsp3) is 0.667. The molecule has 20 heavy (non-hydrogen) atoms. The van der Waals surface area contributed by atoms with E-state index in [4.69, 9.17) is 5.11 Å². The van der Waals surface area contributed by atoms with Crippen LogP contribution < -0.4 is 0 Å². The Kier molecular flexibility index (Phi) is 3.97. The van der Waals surface area contributed by atoms with Crippen molar-refractivity contribution in [2.45, 2.75) is 52.4 Å². The van der Waals surface area contributed by atoms with E-state index in [1.165, 1.54) is 4.90 Å². The van der Waals surface area contributed by atoms with Crippen molar-refractivity contribution in [3.63, 3.8) is 0 Å². The highest BCUT2D eigenvalue weighted by atomic mass is 16.4. The van der Waals surface area contributed by atoms with Crippen molar-refractivity contribution in [1.29, 1.82) is 0 Å². The third-order valence-electron chi connectivity index (χ3n) is 4.63. The van der Waals surface area contributed by atoms with Gasteiger partial charge < -0.3 is 5.11 Å². The van der Waals surface area contributed by atoms with Gasteiger partial charge in [-0.15, -0.1) is 0 Å². The van der Waals surface area contributed by atoms with E-state index in [0.29, 0.717) is 11.1 Å². The van der Waals surface area contributed by atoms with Gasteiger partial charge in [-0.2, -0.15) is 0 Å². The summed E-state index contributed by atoms with van der Waals surface area (Å²) in [5.74, 6) is -1.38.